The number of aromatic nitrogens is 1. The first-order chi connectivity index (χ1) is 13.1. The van der Waals surface area contributed by atoms with E-state index in [0.717, 1.165) is 16.7 Å². The van der Waals surface area contributed by atoms with Gasteiger partial charge in [-0.15, -0.1) is 0 Å². The molecule has 0 aliphatic carbocycles. The summed E-state index contributed by atoms with van der Waals surface area (Å²) in [7, 11) is 1.19. The Balaban J connectivity index is 1.73. The van der Waals surface area contributed by atoms with Crippen LogP contribution in [0.5, 0.6) is 0 Å². The van der Waals surface area contributed by atoms with Crippen LogP contribution < -0.4 is 5.32 Å². The fraction of sp³-hybridized carbons (Fsp3) is 0.100. The molecule has 1 heterocycles. The molecule has 7 heteroatoms. The number of hydrogen-bond acceptors (Lipinski definition) is 6. The molecule has 0 saturated heterocycles. The number of nitrogens with zero attached hydrogens (tertiary/aromatic N) is 2. The van der Waals surface area contributed by atoms with Crippen molar-refractivity contribution in [3.63, 3.8) is 0 Å². The summed E-state index contributed by atoms with van der Waals surface area (Å²) in [6.07, 6.45) is 3.53. The lowest BCUT2D eigenvalue weighted by atomic mass is 10.1. The third-order valence-electron chi connectivity index (χ3n) is 4.04. The standard InChI is InChI=1S/C20H17N3O4/c1-27-20(24)18-11-17(8-9-19(18)23(25)26)22-12-14-4-6-15(7-5-14)16-3-2-10-21-13-16/h2-11,13,22H,12H2,1H3. The fourth-order valence-electron chi connectivity index (χ4n) is 2.63. The lowest BCUT2D eigenvalue weighted by molar-refractivity contribution is -0.385. The zero-order valence-electron chi connectivity index (χ0n) is 14.6. The third kappa shape index (κ3) is 4.27. The zero-order valence-corrected chi connectivity index (χ0v) is 14.6. The second-order valence-corrected chi connectivity index (χ2v) is 5.77. The number of ether oxygens (including phenoxy) is 1. The van der Waals surface area contributed by atoms with E-state index < -0.39 is 10.9 Å². The van der Waals surface area contributed by atoms with Crippen LogP contribution in [0, 0.1) is 10.1 Å². The molecule has 27 heavy (non-hydrogen) atoms. The van der Waals surface area contributed by atoms with E-state index in [4.69, 9.17) is 0 Å². The smallest absolute Gasteiger partial charge is 0.344 e. The first-order valence-corrected chi connectivity index (χ1v) is 8.18. The average molecular weight is 363 g/mol. The molecule has 1 aromatic heterocycles. The molecule has 0 spiro atoms. The van der Waals surface area contributed by atoms with Crippen LogP contribution in [-0.2, 0) is 11.3 Å². The van der Waals surface area contributed by atoms with Gasteiger partial charge in [-0.1, -0.05) is 30.3 Å². The van der Waals surface area contributed by atoms with Crippen molar-refractivity contribution in [3.8, 4) is 11.1 Å². The Hall–Kier alpha value is -3.74. The van der Waals surface area contributed by atoms with Crippen LogP contribution in [0.25, 0.3) is 11.1 Å². The number of carbonyl (C=O) groups excluding carboxylic acids is 1. The maximum Gasteiger partial charge on any atom is 0.344 e. The van der Waals surface area contributed by atoms with Gasteiger partial charge < -0.3 is 10.1 Å². The summed E-state index contributed by atoms with van der Waals surface area (Å²) in [6, 6.07) is 16.1. The molecule has 0 aliphatic heterocycles. The van der Waals surface area contributed by atoms with Gasteiger partial charge in [-0.3, -0.25) is 15.1 Å². The number of methoxy groups -OCH3 is 1. The summed E-state index contributed by atoms with van der Waals surface area (Å²) in [5, 5.41) is 14.2. The monoisotopic (exact) mass is 363 g/mol. The van der Waals surface area contributed by atoms with Gasteiger partial charge in [-0.25, -0.2) is 4.79 Å². The number of rotatable bonds is 6. The van der Waals surface area contributed by atoms with Crippen molar-refractivity contribution in [3.05, 3.63) is 88.2 Å². The van der Waals surface area contributed by atoms with Crippen LogP contribution in [0.3, 0.4) is 0 Å². The van der Waals surface area contributed by atoms with Crippen molar-refractivity contribution in [2.24, 2.45) is 0 Å². The van der Waals surface area contributed by atoms with Gasteiger partial charge in [0, 0.05) is 30.7 Å². The SMILES string of the molecule is COC(=O)c1cc(NCc2ccc(-c3cccnc3)cc2)ccc1[N+](=O)[O-]. The van der Waals surface area contributed by atoms with Gasteiger partial charge in [0.25, 0.3) is 5.69 Å². The summed E-state index contributed by atoms with van der Waals surface area (Å²) in [6.45, 7) is 0.506. The van der Waals surface area contributed by atoms with Crippen molar-refractivity contribution >= 4 is 17.3 Å². The minimum absolute atomic E-state index is 0.0839. The number of nitro groups is 1. The van der Waals surface area contributed by atoms with Crippen molar-refractivity contribution < 1.29 is 14.5 Å². The summed E-state index contributed by atoms with van der Waals surface area (Å²) >= 11 is 0. The molecule has 0 saturated carbocycles. The van der Waals surface area contributed by atoms with E-state index in [1.807, 2.05) is 36.4 Å². The van der Waals surface area contributed by atoms with E-state index in [2.05, 4.69) is 15.0 Å². The predicted octanol–water partition coefficient (Wildman–Crippen LogP) is 4.06. The van der Waals surface area contributed by atoms with E-state index in [9.17, 15) is 14.9 Å². The van der Waals surface area contributed by atoms with Crippen molar-refractivity contribution in [2.75, 3.05) is 12.4 Å². The number of nitrogens with one attached hydrogen (secondary N) is 1. The molecule has 0 radical (unpaired) electrons. The molecule has 0 amide bonds. The Morgan fingerprint density at radius 2 is 1.93 bits per heavy atom. The van der Waals surface area contributed by atoms with Crippen LogP contribution in [0.2, 0.25) is 0 Å². The zero-order chi connectivity index (χ0) is 19.2. The second kappa shape index (κ2) is 8.09. The van der Waals surface area contributed by atoms with Crippen LogP contribution in [0.1, 0.15) is 15.9 Å². The molecular formula is C20H17N3O4. The second-order valence-electron chi connectivity index (χ2n) is 5.77. The van der Waals surface area contributed by atoms with E-state index in [-0.39, 0.29) is 11.3 Å². The quantitative estimate of drug-likeness (QED) is 0.403. The van der Waals surface area contributed by atoms with Crippen LogP contribution in [-0.4, -0.2) is 23.0 Å². The predicted molar refractivity (Wildman–Crippen MR) is 101 cm³/mol. The Morgan fingerprint density at radius 1 is 1.15 bits per heavy atom. The molecule has 0 unspecified atom stereocenters. The van der Waals surface area contributed by atoms with E-state index in [0.29, 0.717) is 12.2 Å². The molecule has 0 fully saturated rings. The topological polar surface area (TPSA) is 94.4 Å². The first kappa shape index (κ1) is 18.1. The normalized spacial score (nSPS) is 10.3. The van der Waals surface area contributed by atoms with Crippen LogP contribution >= 0.6 is 0 Å². The summed E-state index contributed by atoms with van der Waals surface area (Å²) in [5.41, 5.74) is 3.36. The van der Waals surface area contributed by atoms with E-state index >= 15 is 0 Å². The lowest BCUT2D eigenvalue weighted by Gasteiger charge is -2.09. The summed E-state index contributed by atoms with van der Waals surface area (Å²) in [4.78, 5) is 26.3. The molecule has 3 aromatic rings. The molecule has 2 aromatic carbocycles. The molecular weight excluding hydrogens is 346 g/mol. The fourth-order valence-corrected chi connectivity index (χ4v) is 2.63. The summed E-state index contributed by atoms with van der Waals surface area (Å²) in [5.74, 6) is -0.744. The largest absolute Gasteiger partial charge is 0.465 e. The van der Waals surface area contributed by atoms with Crippen molar-refractivity contribution in [1.29, 1.82) is 0 Å². The first-order valence-electron chi connectivity index (χ1n) is 8.18. The van der Waals surface area contributed by atoms with Gasteiger partial charge in [0.05, 0.1) is 12.0 Å². The Kier molecular flexibility index (Phi) is 5.41. The maximum atomic E-state index is 11.8. The number of hydrogen-bond donors (Lipinski definition) is 1. The Bertz CT molecular complexity index is 957. The Morgan fingerprint density at radius 3 is 2.56 bits per heavy atom. The van der Waals surface area contributed by atoms with Crippen molar-refractivity contribution in [2.45, 2.75) is 6.54 Å². The Labute approximate surface area is 155 Å². The minimum Gasteiger partial charge on any atom is -0.465 e. The number of nitro benzene ring substituents is 1. The highest BCUT2D eigenvalue weighted by Crippen LogP contribution is 2.24. The highest BCUT2D eigenvalue weighted by Gasteiger charge is 2.21. The van der Waals surface area contributed by atoms with E-state index in [1.54, 1.807) is 18.5 Å². The van der Waals surface area contributed by atoms with Gasteiger partial charge in [0.15, 0.2) is 0 Å². The highest BCUT2D eigenvalue weighted by molar-refractivity contribution is 5.95. The lowest BCUT2D eigenvalue weighted by Crippen LogP contribution is -2.07. The summed E-state index contributed by atoms with van der Waals surface area (Å²) < 4.78 is 4.62. The van der Waals surface area contributed by atoms with Gasteiger partial charge in [-0.2, -0.15) is 0 Å². The molecule has 136 valence electrons. The number of esters is 1. The molecule has 0 atom stereocenters. The maximum absolute atomic E-state index is 11.8. The molecule has 7 nitrogen and oxygen atoms in total. The van der Waals surface area contributed by atoms with Crippen LogP contribution in [0.15, 0.2) is 67.0 Å². The van der Waals surface area contributed by atoms with E-state index in [1.165, 1.54) is 19.2 Å². The third-order valence-corrected chi connectivity index (χ3v) is 4.04. The number of carbonyl (C=O) groups is 1. The number of pyridine rings is 1. The van der Waals surface area contributed by atoms with Gasteiger partial charge in [0.2, 0.25) is 0 Å². The highest BCUT2D eigenvalue weighted by atomic mass is 16.6. The molecule has 1 N–H and O–H groups in total. The minimum atomic E-state index is -0.744. The molecule has 3 rings (SSSR count). The van der Waals surface area contributed by atoms with Gasteiger partial charge in [0.1, 0.15) is 5.56 Å². The molecule has 0 aliphatic rings. The van der Waals surface area contributed by atoms with Crippen LogP contribution in [0.4, 0.5) is 11.4 Å². The number of anilines is 1. The number of benzene rings is 2. The van der Waals surface area contributed by atoms with Gasteiger partial charge >= 0.3 is 5.97 Å². The van der Waals surface area contributed by atoms with Crippen molar-refractivity contribution in [1.82, 2.24) is 4.98 Å². The average Bonchev–Trinajstić information content (AvgIpc) is 2.72. The molecule has 0 bridgehead atoms. The van der Waals surface area contributed by atoms with Gasteiger partial charge in [-0.05, 0) is 34.9 Å².